The summed E-state index contributed by atoms with van der Waals surface area (Å²) in [5.74, 6) is -0.00380. The molecule has 1 atom stereocenters. The van der Waals surface area contributed by atoms with Crippen molar-refractivity contribution in [2.24, 2.45) is 11.8 Å². The van der Waals surface area contributed by atoms with Gasteiger partial charge in [0.25, 0.3) is 0 Å². The number of amides is 3. The lowest BCUT2D eigenvalue weighted by Gasteiger charge is -2.35. The van der Waals surface area contributed by atoms with Gasteiger partial charge in [-0.15, -0.1) is 0 Å². The number of rotatable bonds is 10. The number of hydrogen-bond donors (Lipinski definition) is 3. The Balaban J connectivity index is 1.75. The average Bonchev–Trinajstić information content (AvgIpc) is 2.81. The number of carbonyl (C=O) groups is 3. The molecule has 1 saturated heterocycles. The fourth-order valence-corrected chi connectivity index (χ4v) is 4.18. The highest BCUT2D eigenvalue weighted by atomic mass is 16.6. The van der Waals surface area contributed by atoms with Gasteiger partial charge in [-0.3, -0.25) is 4.79 Å². The van der Waals surface area contributed by atoms with E-state index in [1.165, 1.54) is 0 Å². The Hall–Kier alpha value is -3.30. The van der Waals surface area contributed by atoms with Gasteiger partial charge in [-0.25, -0.2) is 9.59 Å². The summed E-state index contributed by atoms with van der Waals surface area (Å²) in [7, 11) is 0. The number of piperidine rings is 1. The third-order valence-electron chi connectivity index (χ3n) is 6.44. The van der Waals surface area contributed by atoms with Gasteiger partial charge in [-0.05, 0) is 88.5 Å². The molecule has 0 aromatic heterocycles. The van der Waals surface area contributed by atoms with E-state index < -0.39 is 23.7 Å². The standard InChI is InChI=1S/C28H43N4O6/c1-18(2)24(29)31-26(35)32-13-11-20(12-14-32)8-7-15-37-22-10-9-21(19(3)16-22)17-23(25(33)34)30-27(36)38-28(4,5)6/h9-10,16,18,20,23H,7-8,11-15,17H2,1-6H3,(H3-,29,30,31,33,34,35,36)/q-1/t23-/m0/s1. The Morgan fingerprint density at radius 2 is 1.84 bits per heavy atom. The van der Waals surface area contributed by atoms with Gasteiger partial charge in [-0.2, -0.15) is 0 Å². The molecular formula is C28H43N4O6-. The summed E-state index contributed by atoms with van der Waals surface area (Å²) < 4.78 is 11.1. The minimum atomic E-state index is -1.13. The van der Waals surface area contributed by atoms with E-state index in [0.29, 0.717) is 31.4 Å². The normalized spacial score (nSPS) is 15.1. The molecule has 212 valence electrons. The van der Waals surface area contributed by atoms with Crippen molar-refractivity contribution in [3.05, 3.63) is 34.7 Å². The van der Waals surface area contributed by atoms with Crippen LogP contribution in [-0.4, -0.2) is 65.3 Å². The van der Waals surface area contributed by atoms with E-state index in [1.54, 1.807) is 25.7 Å². The van der Waals surface area contributed by atoms with Crippen molar-refractivity contribution in [2.75, 3.05) is 19.7 Å². The highest BCUT2D eigenvalue weighted by Gasteiger charge is 2.25. The molecule has 10 heteroatoms. The monoisotopic (exact) mass is 531 g/mol. The SMILES string of the molecule is Cc1cc(OCCCC2CCN(C(=O)NC(=[N-])C(C)C)CC2)ccc1C[C@H](NC(=O)OC(C)(C)C)C(=O)O. The van der Waals surface area contributed by atoms with E-state index in [2.05, 4.69) is 10.6 Å². The van der Waals surface area contributed by atoms with Gasteiger partial charge in [0, 0.05) is 19.5 Å². The molecule has 0 unspecified atom stereocenters. The lowest BCUT2D eigenvalue weighted by atomic mass is 9.92. The van der Waals surface area contributed by atoms with Crippen LogP contribution in [0, 0.1) is 18.8 Å². The van der Waals surface area contributed by atoms with E-state index in [1.807, 2.05) is 39.0 Å². The third-order valence-corrected chi connectivity index (χ3v) is 6.44. The van der Waals surface area contributed by atoms with E-state index in [4.69, 9.17) is 9.47 Å². The van der Waals surface area contributed by atoms with Crippen LogP contribution in [0.3, 0.4) is 0 Å². The Labute approximate surface area is 226 Å². The Bertz CT molecular complexity index is 980. The number of aliphatic carboxylic acids is 1. The number of ether oxygens (including phenoxy) is 2. The summed E-state index contributed by atoms with van der Waals surface area (Å²) in [4.78, 5) is 37.7. The second-order valence-corrected chi connectivity index (χ2v) is 11.2. The number of carboxylic acids is 1. The molecular weight excluding hydrogens is 488 g/mol. The maximum Gasteiger partial charge on any atom is 0.408 e. The fourth-order valence-electron chi connectivity index (χ4n) is 4.18. The number of alkyl carbamates (subject to hydrolysis) is 1. The largest absolute Gasteiger partial charge is 0.494 e. The quantitative estimate of drug-likeness (QED) is 0.227. The van der Waals surface area contributed by atoms with Crippen molar-refractivity contribution >= 4 is 23.9 Å². The Kier molecular flexibility index (Phi) is 11.4. The summed E-state index contributed by atoms with van der Waals surface area (Å²) >= 11 is 0. The van der Waals surface area contributed by atoms with Crippen LogP contribution in [-0.2, 0) is 16.0 Å². The van der Waals surface area contributed by atoms with Crippen LogP contribution in [0.25, 0.3) is 5.41 Å². The third kappa shape index (κ3) is 10.6. The first-order chi connectivity index (χ1) is 17.7. The zero-order valence-electron chi connectivity index (χ0n) is 23.5. The van der Waals surface area contributed by atoms with Gasteiger partial charge in [-0.1, -0.05) is 25.7 Å². The minimum Gasteiger partial charge on any atom is -0.494 e. The van der Waals surface area contributed by atoms with Crippen LogP contribution in [0.5, 0.6) is 5.75 Å². The molecule has 3 N–H and O–H groups in total. The lowest BCUT2D eigenvalue weighted by molar-refractivity contribution is -0.139. The van der Waals surface area contributed by atoms with Crippen LogP contribution >= 0.6 is 0 Å². The van der Waals surface area contributed by atoms with Crippen molar-refractivity contribution in [3.63, 3.8) is 0 Å². The van der Waals surface area contributed by atoms with Gasteiger partial charge in [0.05, 0.1) is 6.61 Å². The molecule has 1 aromatic carbocycles. The molecule has 2 rings (SSSR count). The van der Waals surface area contributed by atoms with Crippen LogP contribution < -0.4 is 15.4 Å². The van der Waals surface area contributed by atoms with E-state index in [9.17, 15) is 24.9 Å². The molecule has 1 heterocycles. The van der Waals surface area contributed by atoms with Crippen molar-refractivity contribution in [3.8, 4) is 5.75 Å². The first-order valence-corrected chi connectivity index (χ1v) is 13.3. The molecule has 3 amide bonds. The van der Waals surface area contributed by atoms with Crippen LogP contribution in [0.2, 0.25) is 0 Å². The van der Waals surface area contributed by atoms with Gasteiger partial charge < -0.3 is 35.5 Å². The first-order valence-electron chi connectivity index (χ1n) is 13.3. The number of amidine groups is 1. The van der Waals surface area contributed by atoms with Crippen LogP contribution in [0.15, 0.2) is 18.2 Å². The molecule has 1 aliphatic rings. The molecule has 0 radical (unpaired) electrons. The number of carbonyl (C=O) groups excluding carboxylic acids is 2. The minimum absolute atomic E-state index is 0.00305. The lowest BCUT2D eigenvalue weighted by Crippen LogP contribution is -2.47. The number of benzene rings is 1. The molecule has 0 bridgehead atoms. The maximum atomic E-state index is 12.2. The maximum absolute atomic E-state index is 12.2. The number of likely N-dealkylation sites (tertiary alicyclic amines) is 1. The zero-order chi connectivity index (χ0) is 28.5. The molecule has 1 fully saturated rings. The fraction of sp³-hybridized carbons (Fsp3) is 0.643. The van der Waals surface area contributed by atoms with Crippen LogP contribution in [0.4, 0.5) is 9.59 Å². The molecule has 0 aliphatic carbocycles. The zero-order valence-corrected chi connectivity index (χ0v) is 23.5. The number of nitrogens with zero attached hydrogens (tertiary/aromatic N) is 2. The van der Waals surface area contributed by atoms with Crippen molar-refractivity contribution in [1.29, 1.82) is 0 Å². The molecule has 1 aromatic rings. The summed E-state index contributed by atoms with van der Waals surface area (Å²) in [6, 6.07) is 4.17. The van der Waals surface area contributed by atoms with Crippen molar-refractivity contribution in [2.45, 2.75) is 85.3 Å². The highest BCUT2D eigenvalue weighted by molar-refractivity contribution is 6.00. The summed E-state index contributed by atoms with van der Waals surface area (Å²) in [5.41, 5.74) is 0.967. The Morgan fingerprint density at radius 1 is 1.18 bits per heavy atom. The molecule has 38 heavy (non-hydrogen) atoms. The number of carboxylic acid groups (broad SMARTS) is 1. The predicted molar refractivity (Wildman–Crippen MR) is 146 cm³/mol. The Morgan fingerprint density at radius 3 is 2.39 bits per heavy atom. The van der Waals surface area contributed by atoms with Gasteiger partial charge in [0.2, 0.25) is 6.03 Å². The van der Waals surface area contributed by atoms with Gasteiger partial charge in [0.1, 0.15) is 17.4 Å². The summed E-state index contributed by atoms with van der Waals surface area (Å²) in [6.45, 7) is 12.6. The van der Waals surface area contributed by atoms with E-state index in [0.717, 1.165) is 36.8 Å². The average molecular weight is 532 g/mol. The molecule has 10 nitrogen and oxygen atoms in total. The molecule has 0 saturated carbocycles. The second kappa shape index (κ2) is 14.0. The smallest absolute Gasteiger partial charge is 0.408 e. The van der Waals surface area contributed by atoms with Gasteiger partial charge in [0.15, 0.2) is 0 Å². The number of nitrogens with one attached hydrogen (secondary N) is 2. The number of aryl methyl sites for hydroxylation is 1. The summed E-state index contributed by atoms with van der Waals surface area (Å²) in [6.07, 6.45) is 3.11. The number of hydrogen-bond acceptors (Lipinski definition) is 5. The van der Waals surface area contributed by atoms with E-state index >= 15 is 0 Å². The highest BCUT2D eigenvalue weighted by Crippen LogP contribution is 2.23. The van der Waals surface area contributed by atoms with Crippen molar-refractivity contribution in [1.82, 2.24) is 15.5 Å². The van der Waals surface area contributed by atoms with E-state index in [-0.39, 0.29) is 24.2 Å². The predicted octanol–water partition coefficient (Wildman–Crippen LogP) is 4.72. The molecule has 1 aliphatic heterocycles. The van der Waals surface area contributed by atoms with Crippen LogP contribution in [0.1, 0.15) is 71.4 Å². The van der Waals surface area contributed by atoms with Gasteiger partial charge >= 0.3 is 12.1 Å². The number of urea groups is 1. The summed E-state index contributed by atoms with van der Waals surface area (Å²) in [5, 5.41) is 24.3. The second-order valence-electron chi connectivity index (χ2n) is 11.2. The topological polar surface area (TPSA) is 140 Å². The molecule has 0 spiro atoms. The first kappa shape index (κ1) is 30.9. The van der Waals surface area contributed by atoms with Crippen molar-refractivity contribution < 1.29 is 29.0 Å².